The molecule has 2 aliphatic heterocycles. The average molecular weight is 401 g/mol. The number of rotatable bonds is 3. The number of amides is 2. The van der Waals surface area contributed by atoms with Crippen LogP contribution in [-0.2, 0) is 15.0 Å². The molecular formula is C20H24N4O3S. The summed E-state index contributed by atoms with van der Waals surface area (Å²) in [5.74, 6) is 1.65. The minimum atomic E-state index is -0.420. The van der Waals surface area contributed by atoms with E-state index in [9.17, 15) is 9.59 Å². The molecule has 2 aromatic rings. The van der Waals surface area contributed by atoms with Crippen LogP contribution in [0, 0.1) is 0 Å². The number of anilines is 1. The average Bonchev–Trinajstić information content (AvgIpc) is 3.31. The molecule has 1 aromatic heterocycles. The molecule has 2 fully saturated rings. The van der Waals surface area contributed by atoms with Crippen molar-refractivity contribution in [2.75, 3.05) is 11.1 Å². The van der Waals surface area contributed by atoms with Crippen molar-refractivity contribution in [2.24, 2.45) is 0 Å². The van der Waals surface area contributed by atoms with Gasteiger partial charge in [0.2, 0.25) is 23.5 Å². The zero-order valence-electron chi connectivity index (χ0n) is 16.5. The first-order valence-corrected chi connectivity index (χ1v) is 10.4. The Balaban J connectivity index is 1.46. The van der Waals surface area contributed by atoms with Gasteiger partial charge in [0.05, 0.1) is 4.87 Å². The SMILES string of the molecule is CC(C)(C)c1nc(-c2ccc(NC(=O)[C@@H]3CS[C@]4(C)CCC(=O)N34)cc2)no1. The van der Waals surface area contributed by atoms with E-state index in [0.717, 1.165) is 12.0 Å². The summed E-state index contributed by atoms with van der Waals surface area (Å²) in [4.78, 5) is 30.9. The Morgan fingerprint density at radius 1 is 1.32 bits per heavy atom. The molecule has 2 amide bonds. The summed E-state index contributed by atoms with van der Waals surface area (Å²) < 4.78 is 5.33. The minimum Gasteiger partial charge on any atom is -0.338 e. The second-order valence-electron chi connectivity index (χ2n) is 8.51. The quantitative estimate of drug-likeness (QED) is 0.849. The van der Waals surface area contributed by atoms with Gasteiger partial charge in [-0.3, -0.25) is 9.59 Å². The summed E-state index contributed by atoms with van der Waals surface area (Å²) in [7, 11) is 0. The van der Waals surface area contributed by atoms with E-state index in [2.05, 4.69) is 15.5 Å². The van der Waals surface area contributed by atoms with E-state index in [0.29, 0.717) is 29.6 Å². The molecule has 0 saturated carbocycles. The van der Waals surface area contributed by atoms with E-state index >= 15 is 0 Å². The number of carbonyl (C=O) groups is 2. The fourth-order valence-electron chi connectivity index (χ4n) is 3.59. The van der Waals surface area contributed by atoms with Crippen LogP contribution >= 0.6 is 11.8 Å². The fraction of sp³-hybridized carbons (Fsp3) is 0.500. The lowest BCUT2D eigenvalue weighted by Crippen LogP contribution is -2.48. The molecule has 8 heteroatoms. The van der Waals surface area contributed by atoms with Crippen LogP contribution in [0.3, 0.4) is 0 Å². The van der Waals surface area contributed by atoms with Gasteiger partial charge in [-0.1, -0.05) is 25.9 Å². The van der Waals surface area contributed by atoms with Gasteiger partial charge in [0.15, 0.2) is 0 Å². The van der Waals surface area contributed by atoms with Gasteiger partial charge in [-0.15, -0.1) is 11.8 Å². The van der Waals surface area contributed by atoms with Gasteiger partial charge in [0.25, 0.3) is 0 Å². The standard InChI is InChI=1S/C20H24N4O3S/c1-19(2,3)18-22-16(23-27-18)12-5-7-13(8-6-12)21-17(26)14-11-28-20(4)10-9-15(25)24(14)20/h5-8,14H,9-11H2,1-4H3,(H,21,26)/t14-,20+/m0/s1. The molecule has 4 rings (SSSR count). The molecule has 28 heavy (non-hydrogen) atoms. The van der Waals surface area contributed by atoms with Crippen LogP contribution in [0.5, 0.6) is 0 Å². The molecule has 7 nitrogen and oxygen atoms in total. The van der Waals surface area contributed by atoms with Crippen LogP contribution in [0.25, 0.3) is 11.4 Å². The zero-order valence-corrected chi connectivity index (χ0v) is 17.3. The molecule has 0 aliphatic carbocycles. The number of nitrogens with one attached hydrogen (secondary N) is 1. The third kappa shape index (κ3) is 3.30. The molecule has 2 saturated heterocycles. The van der Waals surface area contributed by atoms with Crippen molar-refractivity contribution in [1.82, 2.24) is 15.0 Å². The van der Waals surface area contributed by atoms with Gasteiger partial charge in [-0.05, 0) is 37.6 Å². The van der Waals surface area contributed by atoms with Crippen molar-refractivity contribution >= 4 is 29.3 Å². The number of hydrogen-bond acceptors (Lipinski definition) is 6. The number of aromatic nitrogens is 2. The number of thioether (sulfide) groups is 1. The summed E-state index contributed by atoms with van der Waals surface area (Å²) in [6, 6.07) is 6.90. The third-order valence-electron chi connectivity index (χ3n) is 5.23. The van der Waals surface area contributed by atoms with E-state index in [1.54, 1.807) is 16.7 Å². The van der Waals surface area contributed by atoms with Gasteiger partial charge < -0.3 is 14.7 Å². The normalized spacial score (nSPS) is 24.5. The molecule has 2 aliphatic rings. The molecule has 3 heterocycles. The number of nitrogens with zero attached hydrogens (tertiary/aromatic N) is 3. The molecule has 1 aromatic carbocycles. The van der Waals surface area contributed by atoms with Crippen LogP contribution in [0.2, 0.25) is 0 Å². The molecular weight excluding hydrogens is 376 g/mol. The Kier molecular flexibility index (Phi) is 4.49. The van der Waals surface area contributed by atoms with Crippen molar-refractivity contribution in [1.29, 1.82) is 0 Å². The maximum Gasteiger partial charge on any atom is 0.248 e. The molecule has 0 unspecified atom stereocenters. The van der Waals surface area contributed by atoms with Crippen LogP contribution in [0.15, 0.2) is 28.8 Å². The van der Waals surface area contributed by atoms with Crippen molar-refractivity contribution in [3.8, 4) is 11.4 Å². The summed E-state index contributed by atoms with van der Waals surface area (Å²) in [5.41, 5.74) is 1.29. The molecule has 1 N–H and O–H groups in total. The second-order valence-corrected chi connectivity index (χ2v) is 10.0. The predicted molar refractivity (Wildman–Crippen MR) is 108 cm³/mol. The van der Waals surface area contributed by atoms with Crippen LogP contribution < -0.4 is 5.32 Å². The van der Waals surface area contributed by atoms with Crippen molar-refractivity contribution < 1.29 is 14.1 Å². The van der Waals surface area contributed by atoms with E-state index < -0.39 is 6.04 Å². The molecule has 148 valence electrons. The highest BCUT2D eigenvalue weighted by molar-refractivity contribution is 8.01. The Morgan fingerprint density at radius 3 is 2.68 bits per heavy atom. The summed E-state index contributed by atoms with van der Waals surface area (Å²) in [6.45, 7) is 8.09. The summed E-state index contributed by atoms with van der Waals surface area (Å²) >= 11 is 1.69. The molecule has 0 bridgehead atoms. The lowest BCUT2D eigenvalue weighted by Gasteiger charge is -2.29. The van der Waals surface area contributed by atoms with E-state index in [1.807, 2.05) is 52.0 Å². The topological polar surface area (TPSA) is 88.3 Å². The first-order chi connectivity index (χ1) is 13.2. The van der Waals surface area contributed by atoms with Crippen LogP contribution in [0.1, 0.15) is 46.4 Å². The van der Waals surface area contributed by atoms with Gasteiger partial charge >= 0.3 is 0 Å². The Hall–Kier alpha value is -2.35. The lowest BCUT2D eigenvalue weighted by molar-refractivity contribution is -0.135. The first kappa shape index (κ1) is 19.0. The summed E-state index contributed by atoms with van der Waals surface area (Å²) in [6.07, 6.45) is 1.32. The van der Waals surface area contributed by atoms with Gasteiger partial charge in [0.1, 0.15) is 6.04 Å². The van der Waals surface area contributed by atoms with Crippen LogP contribution in [0.4, 0.5) is 5.69 Å². The Bertz CT molecular complexity index is 918. The highest BCUT2D eigenvalue weighted by Crippen LogP contribution is 2.47. The van der Waals surface area contributed by atoms with E-state index in [-0.39, 0.29) is 22.1 Å². The molecule has 0 spiro atoms. The highest BCUT2D eigenvalue weighted by Gasteiger charge is 2.52. The minimum absolute atomic E-state index is 0.0646. The Labute approximate surface area is 168 Å². The smallest absolute Gasteiger partial charge is 0.248 e. The maximum atomic E-state index is 12.8. The largest absolute Gasteiger partial charge is 0.338 e. The van der Waals surface area contributed by atoms with Crippen LogP contribution in [-0.4, -0.2) is 43.5 Å². The monoisotopic (exact) mass is 400 g/mol. The number of benzene rings is 1. The van der Waals surface area contributed by atoms with Crippen molar-refractivity contribution in [3.05, 3.63) is 30.2 Å². The second kappa shape index (κ2) is 6.62. The number of carbonyl (C=O) groups excluding carboxylic acids is 2. The molecule has 2 atom stereocenters. The van der Waals surface area contributed by atoms with Gasteiger partial charge in [0, 0.05) is 28.8 Å². The Morgan fingerprint density at radius 2 is 2.04 bits per heavy atom. The molecule has 0 radical (unpaired) electrons. The number of hydrogen-bond donors (Lipinski definition) is 1. The van der Waals surface area contributed by atoms with Crippen molar-refractivity contribution in [2.45, 2.75) is 56.9 Å². The van der Waals surface area contributed by atoms with Gasteiger partial charge in [-0.2, -0.15) is 4.98 Å². The predicted octanol–water partition coefficient (Wildman–Crippen LogP) is 3.43. The first-order valence-electron chi connectivity index (χ1n) is 9.39. The lowest BCUT2D eigenvalue weighted by atomic mass is 9.97. The number of fused-ring (bicyclic) bond motifs is 1. The van der Waals surface area contributed by atoms with E-state index in [4.69, 9.17) is 4.52 Å². The van der Waals surface area contributed by atoms with Crippen molar-refractivity contribution in [3.63, 3.8) is 0 Å². The zero-order chi connectivity index (χ0) is 20.1. The highest BCUT2D eigenvalue weighted by atomic mass is 32.2. The van der Waals surface area contributed by atoms with Gasteiger partial charge in [-0.25, -0.2) is 0 Å². The fourth-order valence-corrected chi connectivity index (χ4v) is 5.02. The van der Waals surface area contributed by atoms with E-state index in [1.165, 1.54) is 0 Å². The maximum absolute atomic E-state index is 12.8. The third-order valence-corrected chi connectivity index (χ3v) is 6.73. The summed E-state index contributed by atoms with van der Waals surface area (Å²) in [5, 5.41) is 6.97.